The number of nitrogens with two attached hydrogens (primary N) is 2. The Morgan fingerprint density at radius 1 is 1.50 bits per heavy atom. The van der Waals surface area contributed by atoms with Crippen LogP contribution in [0.4, 0.5) is 0 Å². The normalized spacial score (nSPS) is 38.5. The van der Waals surface area contributed by atoms with Crippen molar-refractivity contribution in [3.05, 3.63) is 24.3 Å². The first-order valence-electron chi connectivity index (χ1n) is 3.51. The van der Waals surface area contributed by atoms with E-state index >= 15 is 0 Å². The Kier molecular flexibility index (Phi) is 1.92. The molecule has 2 heteroatoms. The van der Waals surface area contributed by atoms with Gasteiger partial charge in [-0.1, -0.05) is 31.2 Å². The lowest BCUT2D eigenvalue weighted by Gasteiger charge is -2.30. The molecular formula is C8H14N2. The molecular weight excluding hydrogens is 124 g/mol. The molecule has 0 saturated carbocycles. The smallest absolute Gasteiger partial charge is 0.0329 e. The lowest BCUT2D eigenvalue weighted by atomic mass is 9.80. The van der Waals surface area contributed by atoms with Crippen molar-refractivity contribution in [3.8, 4) is 0 Å². The zero-order valence-corrected chi connectivity index (χ0v) is 6.25. The van der Waals surface area contributed by atoms with E-state index in [9.17, 15) is 0 Å². The third kappa shape index (κ3) is 1.13. The summed E-state index contributed by atoms with van der Waals surface area (Å²) in [6.07, 6.45) is 8.00. The second-order valence-corrected chi connectivity index (χ2v) is 2.98. The highest BCUT2D eigenvalue weighted by Gasteiger charge is 2.26. The summed E-state index contributed by atoms with van der Waals surface area (Å²) in [5, 5.41) is 0. The quantitative estimate of drug-likeness (QED) is 0.551. The molecule has 0 aromatic carbocycles. The van der Waals surface area contributed by atoms with Gasteiger partial charge in [0.05, 0.1) is 0 Å². The first kappa shape index (κ1) is 7.51. The van der Waals surface area contributed by atoms with Crippen molar-refractivity contribution in [2.75, 3.05) is 6.54 Å². The summed E-state index contributed by atoms with van der Waals surface area (Å²) in [4.78, 5) is 0. The average molecular weight is 138 g/mol. The fraction of sp³-hybridized carbons (Fsp3) is 0.500. The maximum atomic E-state index is 5.81. The van der Waals surface area contributed by atoms with Crippen molar-refractivity contribution in [3.63, 3.8) is 0 Å². The van der Waals surface area contributed by atoms with E-state index in [1.54, 1.807) is 0 Å². The van der Waals surface area contributed by atoms with Gasteiger partial charge < -0.3 is 11.5 Å². The minimum absolute atomic E-state index is 0.0330. The van der Waals surface area contributed by atoms with Gasteiger partial charge in [0.1, 0.15) is 0 Å². The Hall–Kier alpha value is -0.600. The van der Waals surface area contributed by atoms with Crippen LogP contribution in [0, 0.1) is 5.41 Å². The van der Waals surface area contributed by atoms with Crippen LogP contribution in [0.2, 0.25) is 0 Å². The summed E-state index contributed by atoms with van der Waals surface area (Å²) < 4.78 is 0. The maximum Gasteiger partial charge on any atom is 0.0329 e. The van der Waals surface area contributed by atoms with Gasteiger partial charge in [0.15, 0.2) is 0 Å². The molecule has 1 rings (SSSR count). The van der Waals surface area contributed by atoms with Gasteiger partial charge in [0, 0.05) is 18.0 Å². The Bertz CT molecular complexity index is 172. The molecule has 10 heavy (non-hydrogen) atoms. The minimum Gasteiger partial charge on any atom is -0.330 e. The van der Waals surface area contributed by atoms with Crippen molar-refractivity contribution in [1.82, 2.24) is 0 Å². The van der Waals surface area contributed by atoms with E-state index < -0.39 is 0 Å². The Balaban J connectivity index is 2.77. The predicted molar refractivity (Wildman–Crippen MR) is 43.4 cm³/mol. The molecule has 0 fully saturated rings. The SMILES string of the molecule is CC1(CN)C=CC=CC1N. The van der Waals surface area contributed by atoms with E-state index in [-0.39, 0.29) is 11.5 Å². The highest BCUT2D eigenvalue weighted by Crippen LogP contribution is 2.23. The van der Waals surface area contributed by atoms with E-state index in [0.29, 0.717) is 6.54 Å². The Labute approximate surface area is 61.6 Å². The molecule has 4 N–H and O–H groups in total. The van der Waals surface area contributed by atoms with Crippen LogP contribution < -0.4 is 11.5 Å². The molecule has 0 saturated heterocycles. The minimum atomic E-state index is -0.0330. The van der Waals surface area contributed by atoms with Crippen LogP contribution in [0.3, 0.4) is 0 Å². The monoisotopic (exact) mass is 138 g/mol. The van der Waals surface area contributed by atoms with Crippen LogP contribution in [-0.2, 0) is 0 Å². The molecule has 0 aliphatic heterocycles. The number of allylic oxidation sites excluding steroid dienone is 2. The first-order chi connectivity index (χ1) is 4.69. The van der Waals surface area contributed by atoms with E-state index in [1.165, 1.54) is 0 Å². The lowest BCUT2D eigenvalue weighted by Crippen LogP contribution is -2.43. The van der Waals surface area contributed by atoms with Gasteiger partial charge in [-0.25, -0.2) is 0 Å². The number of rotatable bonds is 1. The van der Waals surface area contributed by atoms with E-state index in [4.69, 9.17) is 11.5 Å². The largest absolute Gasteiger partial charge is 0.330 e. The number of hydrogen-bond acceptors (Lipinski definition) is 2. The van der Waals surface area contributed by atoms with Crippen molar-refractivity contribution in [2.24, 2.45) is 16.9 Å². The summed E-state index contributed by atoms with van der Waals surface area (Å²) in [5.41, 5.74) is 11.3. The van der Waals surface area contributed by atoms with Crippen LogP contribution in [-0.4, -0.2) is 12.6 Å². The number of hydrogen-bond donors (Lipinski definition) is 2. The molecule has 2 nitrogen and oxygen atoms in total. The molecule has 1 aliphatic rings. The molecule has 0 bridgehead atoms. The van der Waals surface area contributed by atoms with Crippen molar-refractivity contribution in [1.29, 1.82) is 0 Å². The zero-order chi connectivity index (χ0) is 7.61. The second-order valence-electron chi connectivity index (χ2n) is 2.98. The van der Waals surface area contributed by atoms with Crippen LogP contribution >= 0.6 is 0 Å². The van der Waals surface area contributed by atoms with E-state index in [1.807, 2.05) is 18.2 Å². The van der Waals surface area contributed by atoms with Crippen LogP contribution in [0.25, 0.3) is 0 Å². The zero-order valence-electron chi connectivity index (χ0n) is 6.25. The summed E-state index contributed by atoms with van der Waals surface area (Å²) in [6.45, 7) is 2.67. The fourth-order valence-electron chi connectivity index (χ4n) is 0.994. The van der Waals surface area contributed by atoms with Gasteiger partial charge in [0.2, 0.25) is 0 Å². The van der Waals surface area contributed by atoms with Crippen molar-refractivity contribution in [2.45, 2.75) is 13.0 Å². The maximum absolute atomic E-state index is 5.81. The van der Waals surface area contributed by atoms with Gasteiger partial charge in [-0.15, -0.1) is 0 Å². The molecule has 0 radical (unpaired) electrons. The standard InChI is InChI=1S/C8H14N2/c1-8(6-9)5-3-2-4-7(8)10/h2-5,7H,6,9-10H2,1H3. The molecule has 0 amide bonds. The van der Waals surface area contributed by atoms with Gasteiger partial charge in [-0.2, -0.15) is 0 Å². The Morgan fingerprint density at radius 3 is 2.60 bits per heavy atom. The summed E-state index contributed by atoms with van der Waals surface area (Å²) >= 11 is 0. The average Bonchev–Trinajstić information content (AvgIpc) is 1.96. The third-order valence-corrected chi connectivity index (χ3v) is 2.11. The van der Waals surface area contributed by atoms with Gasteiger partial charge in [0.25, 0.3) is 0 Å². The molecule has 0 aromatic rings. The van der Waals surface area contributed by atoms with Crippen molar-refractivity contribution >= 4 is 0 Å². The molecule has 56 valence electrons. The first-order valence-corrected chi connectivity index (χ1v) is 3.51. The highest BCUT2D eigenvalue weighted by molar-refractivity contribution is 5.21. The molecule has 2 unspecified atom stereocenters. The predicted octanol–water partition coefficient (Wildman–Crippen LogP) is 0.405. The van der Waals surface area contributed by atoms with Gasteiger partial charge in [-0.3, -0.25) is 0 Å². The molecule has 0 aromatic heterocycles. The highest BCUT2D eigenvalue weighted by atomic mass is 14.7. The lowest BCUT2D eigenvalue weighted by molar-refractivity contribution is 0.388. The van der Waals surface area contributed by atoms with Gasteiger partial charge in [-0.05, 0) is 0 Å². The van der Waals surface area contributed by atoms with Gasteiger partial charge >= 0.3 is 0 Å². The summed E-state index contributed by atoms with van der Waals surface area (Å²) in [7, 11) is 0. The molecule has 2 atom stereocenters. The van der Waals surface area contributed by atoms with Crippen molar-refractivity contribution < 1.29 is 0 Å². The molecule has 0 heterocycles. The van der Waals surface area contributed by atoms with Crippen LogP contribution in [0.15, 0.2) is 24.3 Å². The summed E-state index contributed by atoms with van der Waals surface area (Å²) in [5.74, 6) is 0. The third-order valence-electron chi connectivity index (χ3n) is 2.11. The molecule has 1 aliphatic carbocycles. The molecule has 0 spiro atoms. The van der Waals surface area contributed by atoms with E-state index in [2.05, 4.69) is 13.0 Å². The van der Waals surface area contributed by atoms with Crippen LogP contribution in [0.1, 0.15) is 6.92 Å². The second kappa shape index (κ2) is 2.56. The summed E-state index contributed by atoms with van der Waals surface area (Å²) in [6, 6.07) is 0.0718. The van der Waals surface area contributed by atoms with Crippen LogP contribution in [0.5, 0.6) is 0 Å². The van der Waals surface area contributed by atoms with E-state index in [0.717, 1.165) is 0 Å². The Morgan fingerprint density at radius 2 is 2.20 bits per heavy atom. The fourth-order valence-corrected chi connectivity index (χ4v) is 0.994. The topological polar surface area (TPSA) is 52.0 Å².